The summed E-state index contributed by atoms with van der Waals surface area (Å²) in [7, 11) is 0. The molecular weight excluding hydrogens is 218 g/mol. The molecule has 2 N–H and O–H groups in total. The summed E-state index contributed by atoms with van der Waals surface area (Å²) in [6, 6.07) is 0. The molecule has 4 atom stereocenters. The van der Waals surface area contributed by atoms with Crippen molar-refractivity contribution >= 4 is 6.16 Å². The largest absolute Gasteiger partial charge is 0.528 e. The third-order valence-corrected chi connectivity index (χ3v) is 5.45. The number of nitrogens with two attached hydrogens (primary N) is 1. The lowest BCUT2D eigenvalue weighted by molar-refractivity contribution is -0.00203. The zero-order valence-electron chi connectivity index (χ0n) is 10.4. The molecule has 3 rings (SSSR count). The number of fused-ring (bicyclic) bond motifs is 3. The molecule has 0 aromatic carbocycles. The van der Waals surface area contributed by atoms with Crippen LogP contribution in [0.25, 0.3) is 0 Å². The van der Waals surface area contributed by atoms with Crippen molar-refractivity contribution in [3.63, 3.8) is 0 Å². The van der Waals surface area contributed by atoms with E-state index in [0.717, 1.165) is 24.7 Å². The van der Waals surface area contributed by atoms with Crippen LogP contribution in [0.15, 0.2) is 0 Å². The molecule has 4 unspecified atom stereocenters. The van der Waals surface area contributed by atoms with Gasteiger partial charge in [0.2, 0.25) is 0 Å². The van der Waals surface area contributed by atoms with Crippen molar-refractivity contribution in [1.29, 1.82) is 0 Å². The van der Waals surface area contributed by atoms with Crippen molar-refractivity contribution in [3.05, 3.63) is 0 Å². The highest BCUT2D eigenvalue weighted by molar-refractivity contribution is 5.61. The van der Waals surface area contributed by atoms with E-state index in [-0.39, 0.29) is 11.0 Å². The van der Waals surface area contributed by atoms with Crippen LogP contribution in [0.2, 0.25) is 0 Å². The van der Waals surface area contributed by atoms with Crippen molar-refractivity contribution in [2.75, 3.05) is 0 Å². The van der Waals surface area contributed by atoms with Crippen LogP contribution in [0.1, 0.15) is 51.9 Å². The number of unbranched alkanes of at least 4 members (excludes halogenated alkanes) is 1. The fraction of sp³-hybridized carbons (Fsp3) is 0.923. The van der Waals surface area contributed by atoms with Crippen LogP contribution in [0.4, 0.5) is 4.79 Å². The van der Waals surface area contributed by atoms with Crippen LogP contribution in [-0.4, -0.2) is 11.8 Å². The van der Waals surface area contributed by atoms with Crippen molar-refractivity contribution in [2.24, 2.45) is 23.1 Å². The summed E-state index contributed by atoms with van der Waals surface area (Å²) >= 11 is 0. The fourth-order valence-electron chi connectivity index (χ4n) is 4.53. The minimum atomic E-state index is -0.704. The molecule has 0 bridgehead atoms. The summed E-state index contributed by atoms with van der Waals surface area (Å²) in [5.41, 5.74) is 0.0601. The SMILES string of the molecule is CCCCC12CC1(OC(=O)ON)CC1CCC12. The maximum Gasteiger partial charge on any atom is 0.528 e. The zero-order chi connectivity index (χ0) is 12.1. The van der Waals surface area contributed by atoms with Crippen molar-refractivity contribution in [2.45, 2.75) is 57.5 Å². The Balaban J connectivity index is 1.75. The van der Waals surface area contributed by atoms with Gasteiger partial charge in [0.1, 0.15) is 5.60 Å². The lowest BCUT2D eigenvalue weighted by Crippen LogP contribution is -2.30. The van der Waals surface area contributed by atoms with Crippen molar-refractivity contribution in [3.8, 4) is 0 Å². The molecule has 0 aromatic rings. The molecule has 3 aliphatic rings. The maximum absolute atomic E-state index is 11.3. The number of rotatable bonds is 4. The average molecular weight is 239 g/mol. The van der Waals surface area contributed by atoms with Gasteiger partial charge in [0, 0.05) is 5.41 Å². The molecule has 17 heavy (non-hydrogen) atoms. The van der Waals surface area contributed by atoms with Crippen LogP contribution >= 0.6 is 0 Å². The Morgan fingerprint density at radius 2 is 2.29 bits per heavy atom. The van der Waals surface area contributed by atoms with Crippen LogP contribution in [0, 0.1) is 17.3 Å². The smallest absolute Gasteiger partial charge is 0.426 e. The second-order valence-electron chi connectivity index (χ2n) is 6.05. The number of carbonyl (C=O) groups excluding carboxylic acids is 1. The van der Waals surface area contributed by atoms with Gasteiger partial charge in [-0.3, -0.25) is 0 Å². The average Bonchev–Trinajstić information content (AvgIpc) is 2.85. The number of hydrogen-bond acceptors (Lipinski definition) is 4. The summed E-state index contributed by atoms with van der Waals surface area (Å²) in [6.07, 6.45) is 7.63. The van der Waals surface area contributed by atoms with Crippen molar-refractivity contribution < 1.29 is 14.4 Å². The molecule has 0 amide bonds. The minimum Gasteiger partial charge on any atom is -0.426 e. The standard InChI is InChI=1S/C13H21NO3/c1-2-3-6-12-8-13(12,16-11(15)17-14)7-9-4-5-10(9)12/h9-10H,2-8,14H2,1H3. The van der Waals surface area contributed by atoms with Gasteiger partial charge in [-0.1, -0.05) is 19.8 Å². The van der Waals surface area contributed by atoms with E-state index < -0.39 is 6.16 Å². The van der Waals surface area contributed by atoms with Crippen LogP contribution in [0.3, 0.4) is 0 Å². The molecule has 4 nitrogen and oxygen atoms in total. The third-order valence-electron chi connectivity index (χ3n) is 5.45. The van der Waals surface area contributed by atoms with Gasteiger partial charge in [-0.05, 0) is 43.9 Å². The van der Waals surface area contributed by atoms with E-state index in [1.807, 2.05) is 0 Å². The number of carbonyl (C=O) groups is 1. The predicted octanol–water partition coefficient (Wildman–Crippen LogP) is 2.76. The number of ether oxygens (including phenoxy) is 1. The molecule has 0 spiro atoms. The lowest BCUT2D eigenvalue weighted by atomic mass is 9.67. The second kappa shape index (κ2) is 3.61. The molecule has 0 aliphatic heterocycles. The first kappa shape index (κ1) is 11.3. The van der Waals surface area contributed by atoms with E-state index in [1.165, 1.54) is 32.1 Å². The summed E-state index contributed by atoms with van der Waals surface area (Å²) in [6.45, 7) is 2.21. The van der Waals surface area contributed by atoms with E-state index in [1.54, 1.807) is 0 Å². The van der Waals surface area contributed by atoms with Crippen LogP contribution in [0.5, 0.6) is 0 Å². The lowest BCUT2D eigenvalue weighted by Gasteiger charge is -2.37. The van der Waals surface area contributed by atoms with E-state index in [4.69, 9.17) is 10.6 Å². The van der Waals surface area contributed by atoms with E-state index >= 15 is 0 Å². The van der Waals surface area contributed by atoms with Crippen LogP contribution < -0.4 is 5.90 Å². The summed E-state index contributed by atoms with van der Waals surface area (Å²) in [5.74, 6) is 6.46. The van der Waals surface area contributed by atoms with Crippen LogP contribution in [-0.2, 0) is 9.57 Å². The van der Waals surface area contributed by atoms with Gasteiger partial charge in [0.05, 0.1) is 0 Å². The maximum atomic E-state index is 11.3. The minimum absolute atomic E-state index is 0.218. The molecule has 0 heterocycles. The Hall–Kier alpha value is -0.770. The van der Waals surface area contributed by atoms with Gasteiger partial charge >= 0.3 is 6.16 Å². The van der Waals surface area contributed by atoms with Gasteiger partial charge in [-0.2, -0.15) is 5.90 Å². The summed E-state index contributed by atoms with van der Waals surface area (Å²) in [5, 5.41) is 0. The molecular formula is C13H21NO3. The van der Waals surface area contributed by atoms with Crippen molar-refractivity contribution in [1.82, 2.24) is 0 Å². The van der Waals surface area contributed by atoms with Gasteiger partial charge < -0.3 is 9.57 Å². The normalized spacial score (nSPS) is 45.5. The predicted molar refractivity (Wildman–Crippen MR) is 61.9 cm³/mol. The first-order valence-corrected chi connectivity index (χ1v) is 6.77. The summed E-state index contributed by atoms with van der Waals surface area (Å²) < 4.78 is 5.52. The third kappa shape index (κ3) is 1.36. The molecule has 4 heteroatoms. The molecule has 0 radical (unpaired) electrons. The molecule has 3 fully saturated rings. The van der Waals surface area contributed by atoms with Gasteiger partial charge in [-0.25, -0.2) is 4.79 Å². The van der Waals surface area contributed by atoms with Gasteiger partial charge in [0.25, 0.3) is 0 Å². The second-order valence-corrected chi connectivity index (χ2v) is 6.05. The first-order chi connectivity index (χ1) is 8.17. The highest BCUT2D eigenvalue weighted by Crippen LogP contribution is 2.79. The molecule has 0 saturated heterocycles. The number of hydrogen-bond donors (Lipinski definition) is 1. The molecule has 3 saturated carbocycles. The Morgan fingerprint density at radius 1 is 1.47 bits per heavy atom. The Bertz CT molecular complexity index is 346. The quantitative estimate of drug-likeness (QED) is 0.605. The Kier molecular flexibility index (Phi) is 2.41. The topological polar surface area (TPSA) is 61.5 Å². The Labute approximate surface area is 102 Å². The highest BCUT2D eigenvalue weighted by atomic mass is 16.8. The molecule has 96 valence electrons. The van der Waals surface area contributed by atoms with Gasteiger partial charge in [-0.15, -0.1) is 0 Å². The van der Waals surface area contributed by atoms with E-state index in [0.29, 0.717) is 0 Å². The fourth-order valence-corrected chi connectivity index (χ4v) is 4.53. The first-order valence-electron chi connectivity index (χ1n) is 6.77. The zero-order valence-corrected chi connectivity index (χ0v) is 10.4. The van der Waals surface area contributed by atoms with Gasteiger partial charge in [0.15, 0.2) is 0 Å². The molecule has 0 aromatic heterocycles. The highest BCUT2D eigenvalue weighted by Gasteiger charge is 2.80. The van der Waals surface area contributed by atoms with E-state index in [2.05, 4.69) is 11.8 Å². The molecule has 3 aliphatic carbocycles. The summed E-state index contributed by atoms with van der Waals surface area (Å²) in [4.78, 5) is 15.5. The van der Waals surface area contributed by atoms with E-state index in [9.17, 15) is 4.79 Å². The Morgan fingerprint density at radius 3 is 2.88 bits per heavy atom. The monoisotopic (exact) mass is 239 g/mol.